The molecule has 2 bridgehead atoms. The Morgan fingerprint density at radius 3 is 2.66 bits per heavy atom. The molecule has 3 aromatic rings. The van der Waals surface area contributed by atoms with Gasteiger partial charge in [-0.15, -0.1) is 0 Å². The highest BCUT2D eigenvalue weighted by molar-refractivity contribution is 5.91. The van der Waals surface area contributed by atoms with Crippen molar-refractivity contribution in [2.45, 2.75) is 18.6 Å². The molecular weight excluding hydrogens is 462 g/mol. The Kier molecular flexibility index (Phi) is 5.56. The fourth-order valence-electron chi connectivity index (χ4n) is 5.18. The lowest BCUT2D eigenvalue weighted by Gasteiger charge is -2.38. The molecule has 0 spiro atoms. The second-order valence-corrected chi connectivity index (χ2v) is 8.51. The number of hydrogen-bond donors (Lipinski definition) is 3. The number of carbonyl (C=O) groups is 2. The normalized spacial score (nSPS) is 22.5. The lowest BCUT2D eigenvalue weighted by molar-refractivity contribution is -0.144. The maximum absolute atomic E-state index is 14.2. The van der Waals surface area contributed by atoms with E-state index in [1.54, 1.807) is 30.5 Å². The average molecular weight is 482 g/mol. The van der Waals surface area contributed by atoms with Crippen molar-refractivity contribution in [2.24, 2.45) is 11.8 Å². The Morgan fingerprint density at radius 1 is 1.17 bits per heavy atom. The van der Waals surface area contributed by atoms with E-state index in [0.717, 1.165) is 18.2 Å². The van der Waals surface area contributed by atoms with Crippen LogP contribution in [0.2, 0.25) is 0 Å². The van der Waals surface area contributed by atoms with Crippen LogP contribution in [0, 0.1) is 23.5 Å². The Bertz CT molecular complexity index is 1380. The number of aromatic nitrogens is 2. The van der Waals surface area contributed by atoms with Gasteiger partial charge >= 0.3 is 12.0 Å². The molecule has 4 heterocycles. The topological polar surface area (TPSA) is 125 Å². The van der Waals surface area contributed by atoms with Crippen molar-refractivity contribution in [2.75, 3.05) is 11.9 Å². The van der Waals surface area contributed by atoms with E-state index in [1.165, 1.54) is 15.7 Å². The van der Waals surface area contributed by atoms with E-state index in [-0.39, 0.29) is 17.8 Å². The Morgan fingerprint density at radius 2 is 1.97 bits per heavy atom. The third-order valence-electron chi connectivity index (χ3n) is 6.71. The Balaban J connectivity index is 1.60. The first-order valence-corrected chi connectivity index (χ1v) is 10.8. The number of pyridine rings is 2. The first kappa shape index (κ1) is 22.7. The van der Waals surface area contributed by atoms with Crippen molar-refractivity contribution in [3.05, 3.63) is 82.5 Å². The van der Waals surface area contributed by atoms with Gasteiger partial charge in [0.1, 0.15) is 11.6 Å². The van der Waals surface area contributed by atoms with Gasteiger partial charge in [0.05, 0.1) is 23.7 Å². The van der Waals surface area contributed by atoms with E-state index < -0.39 is 59.8 Å². The maximum Gasteiger partial charge on any atom is 0.322 e. The summed E-state index contributed by atoms with van der Waals surface area (Å²) in [4.78, 5) is 44.1. The van der Waals surface area contributed by atoms with Crippen LogP contribution in [0.3, 0.4) is 0 Å². The Labute approximate surface area is 197 Å². The molecule has 0 saturated carbocycles. The molecule has 1 aromatic carbocycles. The van der Waals surface area contributed by atoms with Crippen molar-refractivity contribution in [1.82, 2.24) is 14.5 Å². The molecule has 1 fully saturated rings. The molecule has 5 rings (SSSR count). The van der Waals surface area contributed by atoms with Crippen molar-refractivity contribution in [1.29, 1.82) is 0 Å². The smallest absolute Gasteiger partial charge is 0.322 e. The van der Waals surface area contributed by atoms with Gasteiger partial charge in [0, 0.05) is 54.4 Å². The van der Waals surface area contributed by atoms with Gasteiger partial charge in [-0.25, -0.2) is 13.6 Å². The molecule has 0 radical (unpaired) electrons. The number of benzene rings is 1. The summed E-state index contributed by atoms with van der Waals surface area (Å²) in [5.41, 5.74) is 0.419. The highest BCUT2D eigenvalue weighted by atomic mass is 19.1. The van der Waals surface area contributed by atoms with Gasteiger partial charge in [-0.1, -0.05) is 6.07 Å². The minimum absolute atomic E-state index is 0.0766. The standard InChI is InChI=1S/C24H20F2N4O5/c25-13-3-5-16(26)17(8-13)28-24(35)30-19-10-29-18(21(30)20(23(33)34)15(19)11-31)6-4-14(22(29)32)12-2-1-7-27-9-12/h1-9,15,19-21,31H,10-11H2,(H,28,35)(H,33,34)/t15-,19-,20+,21+/m1/s1. The number of nitrogens with zero attached hydrogens (tertiary/aromatic N) is 3. The van der Waals surface area contributed by atoms with Crippen LogP contribution < -0.4 is 10.9 Å². The molecule has 2 aliphatic rings. The van der Waals surface area contributed by atoms with E-state index >= 15 is 0 Å². The second kappa shape index (κ2) is 8.58. The number of carboxylic acid groups (broad SMARTS) is 1. The summed E-state index contributed by atoms with van der Waals surface area (Å²) in [6.45, 7) is -0.624. The van der Waals surface area contributed by atoms with Gasteiger partial charge < -0.3 is 25.0 Å². The molecule has 0 unspecified atom stereocenters. The predicted octanol–water partition coefficient (Wildman–Crippen LogP) is 2.47. The lowest BCUT2D eigenvalue weighted by Crippen LogP contribution is -2.50. The Hall–Kier alpha value is -4.12. The van der Waals surface area contributed by atoms with E-state index in [2.05, 4.69) is 10.3 Å². The lowest BCUT2D eigenvalue weighted by atomic mass is 9.87. The third kappa shape index (κ3) is 3.64. The van der Waals surface area contributed by atoms with Crippen LogP contribution in [-0.2, 0) is 11.3 Å². The van der Waals surface area contributed by atoms with Crippen LogP contribution in [0.5, 0.6) is 0 Å². The maximum atomic E-state index is 14.2. The molecule has 4 atom stereocenters. The van der Waals surface area contributed by atoms with E-state index in [1.807, 2.05) is 0 Å². The molecular formula is C24H20F2N4O5. The van der Waals surface area contributed by atoms with Crippen LogP contribution in [0.15, 0.2) is 59.7 Å². The van der Waals surface area contributed by atoms with E-state index in [9.17, 15) is 33.4 Å². The number of halogens is 2. The zero-order chi connectivity index (χ0) is 24.9. The first-order chi connectivity index (χ1) is 16.8. The first-order valence-electron chi connectivity index (χ1n) is 10.8. The summed E-state index contributed by atoms with van der Waals surface area (Å²) in [7, 11) is 0. The van der Waals surface area contributed by atoms with Crippen LogP contribution in [0.25, 0.3) is 11.1 Å². The summed E-state index contributed by atoms with van der Waals surface area (Å²) in [6, 6.07) is 6.25. The molecule has 0 aliphatic carbocycles. The number of fused-ring (bicyclic) bond motifs is 4. The third-order valence-corrected chi connectivity index (χ3v) is 6.71. The SMILES string of the molecule is O=C(O)[C@H]1[C@H](CO)[C@H]2Cn3c(ccc(-c4cccnc4)c3=O)[C@@H]1N2C(=O)Nc1cc(F)ccc1F. The fourth-order valence-corrected chi connectivity index (χ4v) is 5.18. The number of aliphatic hydroxyl groups excluding tert-OH is 1. The molecule has 180 valence electrons. The van der Waals surface area contributed by atoms with Crippen molar-refractivity contribution in [3.8, 4) is 11.1 Å². The number of aliphatic carboxylic acids is 1. The molecule has 9 nitrogen and oxygen atoms in total. The van der Waals surface area contributed by atoms with Gasteiger partial charge in [-0.05, 0) is 30.3 Å². The summed E-state index contributed by atoms with van der Waals surface area (Å²) in [5, 5.41) is 22.4. The van der Waals surface area contributed by atoms with Crippen LogP contribution in [0.1, 0.15) is 11.7 Å². The van der Waals surface area contributed by atoms with Crippen molar-refractivity contribution < 1.29 is 28.6 Å². The van der Waals surface area contributed by atoms with E-state index in [4.69, 9.17) is 0 Å². The zero-order valence-corrected chi connectivity index (χ0v) is 18.1. The zero-order valence-electron chi connectivity index (χ0n) is 18.1. The number of rotatable bonds is 4. The molecule has 2 amide bonds. The fraction of sp³-hybridized carbons (Fsp3) is 0.250. The number of hydrogen-bond acceptors (Lipinski definition) is 5. The molecule has 1 saturated heterocycles. The highest BCUT2D eigenvalue weighted by Gasteiger charge is 2.57. The second-order valence-electron chi connectivity index (χ2n) is 8.51. The minimum Gasteiger partial charge on any atom is -0.481 e. The van der Waals surface area contributed by atoms with Crippen molar-refractivity contribution >= 4 is 17.7 Å². The largest absolute Gasteiger partial charge is 0.481 e. The van der Waals surface area contributed by atoms with E-state index in [0.29, 0.717) is 11.1 Å². The summed E-state index contributed by atoms with van der Waals surface area (Å²) in [5.74, 6) is -4.98. The minimum atomic E-state index is -1.25. The number of amides is 2. The van der Waals surface area contributed by atoms with Crippen LogP contribution in [-0.4, -0.2) is 49.3 Å². The van der Waals surface area contributed by atoms with Crippen molar-refractivity contribution in [3.63, 3.8) is 0 Å². The number of nitrogens with one attached hydrogen (secondary N) is 1. The van der Waals surface area contributed by atoms with Gasteiger partial charge in [0.25, 0.3) is 5.56 Å². The summed E-state index contributed by atoms with van der Waals surface area (Å²) >= 11 is 0. The number of carbonyl (C=O) groups excluding carboxylic acids is 1. The van der Waals surface area contributed by atoms with Gasteiger partial charge in [0.2, 0.25) is 0 Å². The molecule has 2 aromatic heterocycles. The van der Waals surface area contributed by atoms with Crippen LogP contribution >= 0.6 is 0 Å². The summed E-state index contributed by atoms with van der Waals surface area (Å²) < 4.78 is 29.2. The van der Waals surface area contributed by atoms with Gasteiger partial charge in [-0.3, -0.25) is 14.6 Å². The average Bonchev–Trinajstić information content (AvgIpc) is 3.09. The summed E-state index contributed by atoms with van der Waals surface area (Å²) in [6.07, 6.45) is 3.10. The number of carboxylic acids is 1. The van der Waals surface area contributed by atoms with Gasteiger partial charge in [0.15, 0.2) is 0 Å². The molecule has 2 aliphatic heterocycles. The predicted molar refractivity (Wildman–Crippen MR) is 119 cm³/mol. The monoisotopic (exact) mass is 482 g/mol. The number of aliphatic hydroxyl groups is 1. The molecule has 35 heavy (non-hydrogen) atoms. The quantitative estimate of drug-likeness (QED) is 0.525. The molecule has 11 heteroatoms. The molecule has 3 N–H and O–H groups in total. The van der Waals surface area contributed by atoms with Gasteiger partial charge in [-0.2, -0.15) is 0 Å². The number of urea groups is 1. The number of anilines is 1. The van der Waals surface area contributed by atoms with Crippen LogP contribution in [0.4, 0.5) is 19.3 Å². The highest BCUT2D eigenvalue weighted by Crippen LogP contribution is 2.48.